The first-order chi connectivity index (χ1) is 5.98. The predicted molar refractivity (Wildman–Crippen MR) is 24.9 cm³/mol. The molecule has 0 saturated carbocycles. The normalized spacial score (nSPS) is 15.9. The molecule has 0 bridgehead atoms. The monoisotopic (exact) mass is 231 g/mol. The van der Waals surface area contributed by atoms with Crippen LogP contribution in [0, 0.1) is 6.33 Å². The van der Waals surface area contributed by atoms with E-state index in [0.29, 0.717) is 0 Å². The Balaban J connectivity index is 5.29. The molecule has 0 saturated heterocycles. The zero-order chi connectivity index (χ0) is 11.8. The van der Waals surface area contributed by atoms with Gasteiger partial charge in [0, 0.05) is 0 Å². The summed E-state index contributed by atoms with van der Waals surface area (Å²) in [5, 5.41) is 0. The summed E-state index contributed by atoms with van der Waals surface area (Å²) < 4.78 is 104. The van der Waals surface area contributed by atoms with Crippen molar-refractivity contribution in [2.75, 3.05) is 0 Å². The average Bonchev–Trinajstić information content (AvgIpc) is 2.00. The summed E-state index contributed by atoms with van der Waals surface area (Å²) in [6.45, 7) is 0. The van der Waals surface area contributed by atoms with E-state index in [9.17, 15) is 39.5 Å². The van der Waals surface area contributed by atoms with Crippen molar-refractivity contribution in [3.8, 4) is 0 Å². The van der Waals surface area contributed by atoms with E-state index in [1.807, 2.05) is 0 Å². The van der Waals surface area contributed by atoms with E-state index in [4.69, 9.17) is 0 Å². The van der Waals surface area contributed by atoms with Gasteiger partial charge >= 0.3 is 18.0 Å². The van der Waals surface area contributed by atoms with Gasteiger partial charge in [-0.15, -0.1) is 0 Å². The molecule has 0 aliphatic rings. The molecule has 0 heterocycles. The molecule has 0 atom stereocenters. The van der Waals surface area contributed by atoms with Crippen LogP contribution in [0.15, 0.2) is 5.83 Å². The highest BCUT2D eigenvalue weighted by Crippen LogP contribution is 2.49. The second-order valence-corrected chi connectivity index (χ2v) is 2.06. The highest BCUT2D eigenvalue weighted by atomic mass is 19.4. The molecule has 0 rings (SSSR count). The molecule has 83 valence electrons. The third kappa shape index (κ3) is 1.80. The van der Waals surface area contributed by atoms with Crippen molar-refractivity contribution in [2.24, 2.45) is 0 Å². The van der Waals surface area contributed by atoms with E-state index < -0.39 is 30.2 Å². The Morgan fingerprint density at radius 3 is 1.43 bits per heavy atom. The maximum Gasteiger partial charge on any atom is 0.460 e. The first kappa shape index (κ1) is 13.1. The first-order valence-electron chi connectivity index (χ1n) is 2.70. The zero-order valence-electron chi connectivity index (χ0n) is 5.90. The number of alkyl halides is 7. The fourth-order valence-corrected chi connectivity index (χ4v) is 0.375. The molecule has 0 nitrogen and oxygen atoms in total. The largest absolute Gasteiger partial charge is 0.460 e. The average molecular weight is 231 g/mol. The molecule has 0 aromatic heterocycles. The van der Waals surface area contributed by atoms with Gasteiger partial charge < -0.3 is 0 Å². The minimum atomic E-state index is -6.69. The lowest BCUT2D eigenvalue weighted by molar-refractivity contribution is -0.348. The van der Waals surface area contributed by atoms with Crippen molar-refractivity contribution in [2.45, 2.75) is 18.0 Å². The number of hydrogen-bond donors (Lipinski definition) is 0. The molecule has 9 heteroatoms. The topological polar surface area (TPSA) is 0 Å². The maximum absolute atomic E-state index is 11.9. The van der Waals surface area contributed by atoms with Crippen LogP contribution in [0.4, 0.5) is 39.5 Å². The van der Waals surface area contributed by atoms with Gasteiger partial charge in [0.15, 0.2) is 6.33 Å². The van der Waals surface area contributed by atoms with E-state index in [1.165, 1.54) is 0 Å². The van der Waals surface area contributed by atoms with E-state index in [1.54, 1.807) is 0 Å². The lowest BCUT2D eigenvalue weighted by atomic mass is 10.1. The van der Waals surface area contributed by atoms with Crippen molar-refractivity contribution in [1.82, 2.24) is 0 Å². The molecular formula is C5F9. The van der Waals surface area contributed by atoms with E-state index >= 15 is 0 Å². The Morgan fingerprint density at radius 1 is 0.857 bits per heavy atom. The Kier molecular flexibility index (Phi) is 3.14. The molecule has 14 heavy (non-hydrogen) atoms. The maximum atomic E-state index is 11.9. The molecular weight excluding hydrogens is 231 g/mol. The summed E-state index contributed by atoms with van der Waals surface area (Å²) in [5.41, 5.74) is 0. The highest BCUT2D eigenvalue weighted by Gasteiger charge is 2.75. The fraction of sp³-hybridized carbons (Fsp3) is 0.600. The molecule has 0 unspecified atom stereocenters. The van der Waals surface area contributed by atoms with Crippen LogP contribution in [0.5, 0.6) is 0 Å². The molecule has 0 aliphatic carbocycles. The van der Waals surface area contributed by atoms with E-state index in [0.717, 1.165) is 0 Å². The summed E-state index contributed by atoms with van der Waals surface area (Å²) >= 11 is 0. The summed E-state index contributed by atoms with van der Waals surface area (Å²) in [7, 11) is 0. The fourth-order valence-electron chi connectivity index (χ4n) is 0.375. The van der Waals surface area contributed by atoms with E-state index in [2.05, 4.69) is 0 Å². The highest BCUT2D eigenvalue weighted by molar-refractivity contribution is 5.08. The summed E-state index contributed by atoms with van der Waals surface area (Å²) in [4.78, 5) is 0. The van der Waals surface area contributed by atoms with Gasteiger partial charge in [0.25, 0.3) is 0 Å². The molecule has 0 spiro atoms. The van der Waals surface area contributed by atoms with Gasteiger partial charge in [-0.05, 0) is 0 Å². The van der Waals surface area contributed by atoms with Gasteiger partial charge in [-0.3, -0.25) is 0 Å². The Hall–Kier alpha value is -0.890. The van der Waals surface area contributed by atoms with Gasteiger partial charge in [0.1, 0.15) is 0 Å². The predicted octanol–water partition coefficient (Wildman–Crippen LogP) is 3.40. The van der Waals surface area contributed by atoms with Crippen LogP contribution in [0.1, 0.15) is 0 Å². The van der Waals surface area contributed by atoms with E-state index in [-0.39, 0.29) is 0 Å². The number of rotatable bonds is 2. The second-order valence-electron chi connectivity index (χ2n) is 2.06. The van der Waals surface area contributed by atoms with Crippen LogP contribution in [0.2, 0.25) is 0 Å². The third-order valence-corrected chi connectivity index (χ3v) is 1.11. The standard InChI is InChI=1S/C5F9/c6-1-2(7)3(8,9)4(10,11)5(12,13)14. The second kappa shape index (κ2) is 3.35. The van der Waals surface area contributed by atoms with Crippen molar-refractivity contribution in [3.05, 3.63) is 12.2 Å². The van der Waals surface area contributed by atoms with Gasteiger partial charge in [-0.1, -0.05) is 0 Å². The first-order valence-corrected chi connectivity index (χ1v) is 2.70. The van der Waals surface area contributed by atoms with Crippen LogP contribution in [-0.2, 0) is 0 Å². The van der Waals surface area contributed by atoms with Gasteiger partial charge in [-0.25, -0.2) is 8.78 Å². The molecule has 0 N–H and O–H groups in total. The summed E-state index contributed by atoms with van der Waals surface area (Å²) in [6, 6.07) is 0. The number of halogens is 9. The Bertz CT molecular complexity index is 234. The summed E-state index contributed by atoms with van der Waals surface area (Å²) in [6.07, 6.45) is -7.29. The van der Waals surface area contributed by atoms with Crippen LogP contribution in [0.3, 0.4) is 0 Å². The lowest BCUT2D eigenvalue weighted by Gasteiger charge is -2.26. The SMILES string of the molecule is F[C]=C(F)C(F)(F)C(F)(F)C(F)(F)F. The van der Waals surface area contributed by atoms with Crippen molar-refractivity contribution in [1.29, 1.82) is 0 Å². The van der Waals surface area contributed by atoms with Gasteiger partial charge in [0.05, 0.1) is 0 Å². The molecule has 0 aliphatic heterocycles. The minimum absolute atomic E-state index is 0.597. The van der Waals surface area contributed by atoms with Gasteiger partial charge in [0.2, 0.25) is 5.83 Å². The molecule has 1 radical (unpaired) electrons. The zero-order valence-corrected chi connectivity index (χ0v) is 5.90. The summed E-state index contributed by atoms with van der Waals surface area (Å²) in [5.74, 6) is -16.6. The van der Waals surface area contributed by atoms with Crippen molar-refractivity contribution in [3.63, 3.8) is 0 Å². The van der Waals surface area contributed by atoms with Crippen LogP contribution in [0.25, 0.3) is 0 Å². The smallest absolute Gasteiger partial charge is 0.201 e. The van der Waals surface area contributed by atoms with Crippen LogP contribution < -0.4 is 0 Å². The molecule has 0 aromatic carbocycles. The van der Waals surface area contributed by atoms with Crippen molar-refractivity contribution >= 4 is 0 Å². The minimum Gasteiger partial charge on any atom is -0.201 e. The van der Waals surface area contributed by atoms with Gasteiger partial charge in [-0.2, -0.15) is 30.7 Å². The quantitative estimate of drug-likeness (QED) is 0.639. The molecule has 0 amide bonds. The molecule has 0 fully saturated rings. The van der Waals surface area contributed by atoms with Crippen LogP contribution in [-0.4, -0.2) is 18.0 Å². The Morgan fingerprint density at radius 2 is 1.21 bits per heavy atom. The molecule has 0 aromatic rings. The number of hydrogen-bond acceptors (Lipinski definition) is 0. The Labute approximate surface area is 71.0 Å². The lowest BCUT2D eigenvalue weighted by Crippen LogP contribution is -2.52. The number of allylic oxidation sites excluding steroid dienone is 1. The van der Waals surface area contributed by atoms with Crippen LogP contribution >= 0.6 is 0 Å². The third-order valence-electron chi connectivity index (χ3n) is 1.11. The van der Waals surface area contributed by atoms with Crippen molar-refractivity contribution < 1.29 is 39.5 Å².